The third kappa shape index (κ3) is 5.86. The molecule has 0 saturated carbocycles. The summed E-state index contributed by atoms with van der Waals surface area (Å²) in [7, 11) is 1.58. The minimum atomic E-state index is -0.815. The van der Waals surface area contributed by atoms with Gasteiger partial charge in [-0.1, -0.05) is 54.1 Å². The molecule has 0 spiro atoms. The molecule has 9 heteroatoms. The van der Waals surface area contributed by atoms with Crippen LogP contribution in [0.25, 0.3) is 10.9 Å². The Kier molecular flexibility index (Phi) is 7.47. The Balaban J connectivity index is 1.38. The van der Waals surface area contributed by atoms with Gasteiger partial charge < -0.3 is 24.3 Å². The van der Waals surface area contributed by atoms with E-state index in [9.17, 15) is 14.4 Å². The van der Waals surface area contributed by atoms with Crippen LogP contribution in [0.1, 0.15) is 22.7 Å². The van der Waals surface area contributed by atoms with Gasteiger partial charge >= 0.3 is 6.09 Å². The molecule has 39 heavy (non-hydrogen) atoms. The highest BCUT2D eigenvalue weighted by Gasteiger charge is 2.22. The van der Waals surface area contributed by atoms with E-state index in [-0.39, 0.29) is 16.7 Å². The topological polar surface area (TPSA) is 102 Å². The number of aromatic nitrogens is 2. The lowest BCUT2D eigenvalue weighted by Gasteiger charge is -2.19. The summed E-state index contributed by atoms with van der Waals surface area (Å²) in [5.41, 5.74) is 1.88. The van der Waals surface area contributed by atoms with Crippen LogP contribution >= 0.6 is 11.6 Å². The number of pyridine rings is 2. The zero-order valence-electron chi connectivity index (χ0n) is 20.9. The summed E-state index contributed by atoms with van der Waals surface area (Å²) >= 11 is 6.06. The number of nitrogens with one attached hydrogen (secondary N) is 2. The molecule has 0 radical (unpaired) electrons. The molecule has 5 rings (SSSR count). The van der Waals surface area contributed by atoms with E-state index in [1.165, 1.54) is 16.7 Å². The van der Waals surface area contributed by atoms with E-state index >= 15 is 0 Å². The predicted molar refractivity (Wildman–Crippen MR) is 150 cm³/mol. The Labute approximate surface area is 228 Å². The Hall–Kier alpha value is -4.82. The smallest absolute Gasteiger partial charge is 0.413 e. The Morgan fingerprint density at radius 2 is 1.79 bits per heavy atom. The van der Waals surface area contributed by atoms with Crippen molar-refractivity contribution in [3.05, 3.63) is 140 Å². The van der Waals surface area contributed by atoms with Crippen LogP contribution in [0.15, 0.2) is 107 Å². The molecule has 0 fully saturated rings. The summed E-state index contributed by atoms with van der Waals surface area (Å²) in [4.78, 5) is 42.1. The average molecular weight is 542 g/mol. The second-order valence-electron chi connectivity index (χ2n) is 8.82. The number of hydrogen-bond donors (Lipinski definition) is 2. The zero-order valence-corrected chi connectivity index (χ0v) is 21.6. The lowest BCUT2D eigenvalue weighted by atomic mass is 9.98. The molecule has 3 aromatic carbocycles. The largest absolute Gasteiger partial charge is 0.497 e. The maximum Gasteiger partial charge on any atom is 0.413 e. The number of aromatic amines is 1. The third-order valence-corrected chi connectivity index (χ3v) is 6.48. The number of hydrogen-bond acceptors (Lipinski definition) is 5. The van der Waals surface area contributed by atoms with Crippen LogP contribution in [-0.4, -0.2) is 22.8 Å². The first-order chi connectivity index (χ1) is 18.9. The number of benzene rings is 3. The molecule has 0 aliphatic rings. The van der Waals surface area contributed by atoms with E-state index in [0.717, 1.165) is 5.56 Å². The fourth-order valence-corrected chi connectivity index (χ4v) is 4.49. The van der Waals surface area contributed by atoms with Gasteiger partial charge in [-0.2, -0.15) is 0 Å². The summed E-state index contributed by atoms with van der Waals surface area (Å²) in [5.74, 6) is 0.771. The van der Waals surface area contributed by atoms with Gasteiger partial charge in [-0.25, -0.2) is 4.79 Å². The minimum Gasteiger partial charge on any atom is -0.497 e. The number of nitrogens with zero attached hydrogens (tertiary/aromatic N) is 1. The lowest BCUT2D eigenvalue weighted by Crippen LogP contribution is -2.34. The average Bonchev–Trinajstić information content (AvgIpc) is 2.94. The zero-order chi connectivity index (χ0) is 27.4. The number of carbonyl (C=O) groups is 1. The molecule has 0 aliphatic heterocycles. The molecule has 5 aromatic rings. The number of rotatable bonds is 7. The van der Waals surface area contributed by atoms with Crippen molar-refractivity contribution >= 4 is 28.6 Å². The molecule has 1 amide bonds. The molecule has 0 bridgehead atoms. The van der Waals surface area contributed by atoms with E-state index in [2.05, 4.69) is 10.3 Å². The summed E-state index contributed by atoms with van der Waals surface area (Å²) in [6, 6.07) is 23.4. The van der Waals surface area contributed by atoms with Gasteiger partial charge in [-0.15, -0.1) is 0 Å². The molecule has 8 nitrogen and oxygen atoms in total. The van der Waals surface area contributed by atoms with E-state index in [0.29, 0.717) is 39.3 Å². The SMILES string of the molecule is COc1cccc(Cn2ccc(OC(=O)NC(c3ccccc3)c3c[nH]c4cc(Cl)ccc4c3=O)cc2=O)c1. The van der Waals surface area contributed by atoms with Crippen LogP contribution in [0.5, 0.6) is 11.5 Å². The van der Waals surface area contributed by atoms with Crippen molar-refractivity contribution in [1.82, 2.24) is 14.9 Å². The predicted octanol–water partition coefficient (Wildman–Crippen LogP) is 5.28. The fourth-order valence-electron chi connectivity index (χ4n) is 4.32. The van der Waals surface area contributed by atoms with Crippen molar-refractivity contribution in [3.63, 3.8) is 0 Å². The second-order valence-corrected chi connectivity index (χ2v) is 9.26. The molecule has 0 saturated heterocycles. The quantitative estimate of drug-likeness (QED) is 0.292. The van der Waals surface area contributed by atoms with Crippen molar-refractivity contribution in [2.24, 2.45) is 0 Å². The highest BCUT2D eigenvalue weighted by atomic mass is 35.5. The first-order valence-electron chi connectivity index (χ1n) is 12.1. The first-order valence-corrected chi connectivity index (χ1v) is 12.5. The van der Waals surface area contributed by atoms with E-state index in [4.69, 9.17) is 21.1 Å². The van der Waals surface area contributed by atoms with Crippen molar-refractivity contribution in [2.75, 3.05) is 7.11 Å². The standard InChI is InChI=1S/C30H24ClN3O5/c1-38-22-9-5-6-19(14-22)18-34-13-12-23(16-27(34)35)39-30(37)33-28(20-7-3-2-4-8-20)25-17-32-26-15-21(31)10-11-24(26)29(25)36/h2-17,28H,18H2,1H3,(H,32,36)(H,33,37). The highest BCUT2D eigenvalue weighted by Crippen LogP contribution is 2.23. The molecule has 1 atom stereocenters. The highest BCUT2D eigenvalue weighted by molar-refractivity contribution is 6.31. The van der Waals surface area contributed by atoms with Crippen molar-refractivity contribution in [1.29, 1.82) is 0 Å². The van der Waals surface area contributed by atoms with Crippen molar-refractivity contribution < 1.29 is 14.3 Å². The number of fused-ring (bicyclic) bond motifs is 1. The number of halogens is 1. The Morgan fingerprint density at radius 3 is 2.56 bits per heavy atom. The number of carbonyl (C=O) groups excluding carboxylic acids is 1. The summed E-state index contributed by atoms with van der Waals surface area (Å²) in [5, 5.41) is 3.71. The maximum atomic E-state index is 13.4. The van der Waals surface area contributed by atoms with Gasteiger partial charge in [0.1, 0.15) is 11.5 Å². The van der Waals surface area contributed by atoms with Crippen LogP contribution in [0.4, 0.5) is 4.79 Å². The van der Waals surface area contributed by atoms with Gasteiger partial charge in [-0.3, -0.25) is 9.59 Å². The van der Waals surface area contributed by atoms with Crippen LogP contribution < -0.4 is 25.8 Å². The number of amides is 1. The van der Waals surface area contributed by atoms with Crippen LogP contribution in [-0.2, 0) is 6.54 Å². The molecule has 1 unspecified atom stereocenters. The Bertz CT molecular complexity index is 1760. The number of H-pyrrole nitrogens is 1. The maximum absolute atomic E-state index is 13.4. The fraction of sp³-hybridized carbons (Fsp3) is 0.100. The van der Waals surface area contributed by atoms with Gasteiger partial charge in [0, 0.05) is 34.4 Å². The van der Waals surface area contributed by atoms with Gasteiger partial charge in [0.05, 0.1) is 25.2 Å². The Morgan fingerprint density at radius 1 is 0.974 bits per heavy atom. The van der Waals surface area contributed by atoms with E-state index in [1.54, 1.807) is 49.8 Å². The number of ether oxygens (including phenoxy) is 2. The molecular weight excluding hydrogens is 518 g/mol. The van der Waals surface area contributed by atoms with E-state index < -0.39 is 12.1 Å². The van der Waals surface area contributed by atoms with Crippen molar-refractivity contribution in [2.45, 2.75) is 12.6 Å². The first kappa shape index (κ1) is 25.8. The summed E-state index contributed by atoms with van der Waals surface area (Å²) in [6.07, 6.45) is 2.29. The van der Waals surface area contributed by atoms with Crippen LogP contribution in [0.3, 0.4) is 0 Å². The summed E-state index contributed by atoms with van der Waals surface area (Å²) in [6.45, 7) is 0.328. The lowest BCUT2D eigenvalue weighted by molar-refractivity contribution is 0.197. The molecular formula is C30H24ClN3O5. The molecule has 0 aliphatic carbocycles. The van der Waals surface area contributed by atoms with Crippen LogP contribution in [0, 0.1) is 0 Å². The van der Waals surface area contributed by atoms with Gasteiger partial charge in [0.2, 0.25) is 0 Å². The van der Waals surface area contributed by atoms with Gasteiger partial charge in [0.15, 0.2) is 5.43 Å². The molecule has 2 N–H and O–H groups in total. The number of methoxy groups -OCH3 is 1. The monoisotopic (exact) mass is 541 g/mol. The molecule has 2 aromatic heterocycles. The summed E-state index contributed by atoms with van der Waals surface area (Å²) < 4.78 is 12.2. The minimum absolute atomic E-state index is 0.0771. The van der Waals surface area contributed by atoms with Crippen LogP contribution in [0.2, 0.25) is 5.02 Å². The third-order valence-electron chi connectivity index (χ3n) is 6.24. The van der Waals surface area contributed by atoms with Gasteiger partial charge in [-0.05, 0) is 47.5 Å². The second kappa shape index (κ2) is 11.3. The van der Waals surface area contributed by atoms with E-state index in [1.807, 2.05) is 42.5 Å². The molecule has 196 valence electrons. The molecule has 2 heterocycles. The van der Waals surface area contributed by atoms with Crippen molar-refractivity contribution in [3.8, 4) is 11.5 Å². The van der Waals surface area contributed by atoms with Gasteiger partial charge in [0.25, 0.3) is 5.56 Å². The normalized spacial score (nSPS) is 11.6.